The molecule has 0 aromatic carbocycles. The SMILES string of the molecule is CC(C)NS(=O)(=O)c1cc(-c2nnc(C(=O)N3CCCCC3)o2)cs1. The quantitative estimate of drug-likeness (QED) is 0.846. The summed E-state index contributed by atoms with van der Waals surface area (Å²) in [5.41, 5.74) is 0.485. The van der Waals surface area contributed by atoms with Crippen LogP contribution in [0.5, 0.6) is 0 Å². The minimum Gasteiger partial charge on any atom is -0.412 e. The number of carbonyl (C=O) groups excluding carboxylic acids is 1. The van der Waals surface area contributed by atoms with Crippen molar-refractivity contribution in [3.05, 3.63) is 17.3 Å². The summed E-state index contributed by atoms with van der Waals surface area (Å²) in [6, 6.07) is 1.27. The van der Waals surface area contributed by atoms with Crippen molar-refractivity contribution in [2.24, 2.45) is 0 Å². The third-order valence-electron chi connectivity index (χ3n) is 3.73. The fourth-order valence-corrected chi connectivity index (χ4v) is 5.02. The number of amides is 1. The van der Waals surface area contributed by atoms with E-state index in [0.29, 0.717) is 18.7 Å². The number of thiophene rings is 1. The van der Waals surface area contributed by atoms with Crippen molar-refractivity contribution in [2.75, 3.05) is 13.1 Å². The lowest BCUT2D eigenvalue weighted by Crippen LogP contribution is -2.35. The average Bonchev–Trinajstić information content (AvgIpc) is 3.23. The van der Waals surface area contributed by atoms with Gasteiger partial charge in [0.15, 0.2) is 0 Å². The highest BCUT2D eigenvalue weighted by molar-refractivity contribution is 7.91. The summed E-state index contributed by atoms with van der Waals surface area (Å²) < 4.78 is 32.5. The fourth-order valence-electron chi connectivity index (χ4n) is 2.60. The Hall–Kier alpha value is -1.78. The molecule has 136 valence electrons. The molecule has 1 aliphatic rings. The number of piperidine rings is 1. The van der Waals surface area contributed by atoms with Crippen molar-refractivity contribution in [3.63, 3.8) is 0 Å². The molecule has 0 spiro atoms. The maximum Gasteiger partial charge on any atom is 0.311 e. The topological polar surface area (TPSA) is 105 Å². The molecule has 0 atom stereocenters. The fraction of sp³-hybridized carbons (Fsp3) is 0.533. The van der Waals surface area contributed by atoms with E-state index in [1.54, 1.807) is 24.1 Å². The van der Waals surface area contributed by atoms with E-state index in [1.807, 2.05) is 0 Å². The van der Waals surface area contributed by atoms with E-state index in [9.17, 15) is 13.2 Å². The summed E-state index contributed by atoms with van der Waals surface area (Å²) in [7, 11) is -3.57. The minimum absolute atomic E-state index is 0.0622. The number of rotatable bonds is 5. The van der Waals surface area contributed by atoms with E-state index in [2.05, 4.69) is 14.9 Å². The zero-order valence-corrected chi connectivity index (χ0v) is 15.7. The van der Waals surface area contributed by atoms with E-state index in [-0.39, 0.29) is 27.9 Å². The third-order valence-corrected chi connectivity index (χ3v) is 6.83. The summed E-state index contributed by atoms with van der Waals surface area (Å²) in [6.45, 7) is 4.89. The predicted octanol–water partition coefficient (Wildman–Crippen LogP) is 2.11. The number of nitrogens with one attached hydrogen (secondary N) is 1. The van der Waals surface area contributed by atoms with E-state index >= 15 is 0 Å². The standard InChI is InChI=1S/C15H20N4O4S2/c1-10(2)18-25(21,22)12-8-11(9-24-12)13-16-17-14(23-13)15(20)19-6-4-3-5-7-19/h8-10,18H,3-7H2,1-2H3. The first-order chi connectivity index (χ1) is 11.9. The molecule has 1 fully saturated rings. The number of nitrogens with zero attached hydrogens (tertiary/aromatic N) is 3. The Kier molecular flexibility index (Phi) is 5.21. The first kappa shape index (κ1) is 18.0. The number of hydrogen-bond donors (Lipinski definition) is 1. The highest BCUT2D eigenvalue weighted by atomic mass is 32.2. The molecule has 3 heterocycles. The Bertz CT molecular complexity index is 851. The highest BCUT2D eigenvalue weighted by Gasteiger charge is 2.25. The maximum absolute atomic E-state index is 12.4. The molecule has 0 radical (unpaired) electrons. The molecule has 2 aromatic rings. The van der Waals surface area contributed by atoms with Crippen LogP contribution < -0.4 is 4.72 Å². The molecule has 10 heteroatoms. The van der Waals surface area contributed by atoms with Gasteiger partial charge in [0.1, 0.15) is 4.21 Å². The van der Waals surface area contributed by atoms with Gasteiger partial charge in [-0.25, -0.2) is 13.1 Å². The van der Waals surface area contributed by atoms with Crippen LogP contribution in [-0.2, 0) is 10.0 Å². The monoisotopic (exact) mass is 384 g/mol. The van der Waals surface area contributed by atoms with Crippen LogP contribution >= 0.6 is 11.3 Å². The van der Waals surface area contributed by atoms with Gasteiger partial charge in [-0.2, -0.15) is 0 Å². The molecule has 0 saturated carbocycles. The van der Waals surface area contributed by atoms with Gasteiger partial charge in [-0.3, -0.25) is 4.79 Å². The lowest BCUT2D eigenvalue weighted by molar-refractivity contribution is 0.0684. The van der Waals surface area contributed by atoms with Crippen LogP contribution in [0, 0.1) is 0 Å². The summed E-state index contributed by atoms with van der Waals surface area (Å²) in [5.74, 6) is -0.196. The van der Waals surface area contributed by atoms with Crippen LogP contribution in [0.2, 0.25) is 0 Å². The molecule has 25 heavy (non-hydrogen) atoms. The number of likely N-dealkylation sites (tertiary alicyclic amines) is 1. The third kappa shape index (κ3) is 4.07. The van der Waals surface area contributed by atoms with Crippen LogP contribution in [0.15, 0.2) is 20.1 Å². The van der Waals surface area contributed by atoms with Gasteiger partial charge in [0.25, 0.3) is 0 Å². The summed E-state index contributed by atoms with van der Waals surface area (Å²) in [6.07, 6.45) is 3.07. The summed E-state index contributed by atoms with van der Waals surface area (Å²) in [5, 5.41) is 9.33. The second-order valence-electron chi connectivity index (χ2n) is 6.20. The smallest absolute Gasteiger partial charge is 0.311 e. The maximum atomic E-state index is 12.4. The zero-order chi connectivity index (χ0) is 18.0. The molecule has 1 amide bonds. The van der Waals surface area contributed by atoms with Gasteiger partial charge in [0.2, 0.25) is 15.9 Å². The molecule has 1 aliphatic heterocycles. The van der Waals surface area contributed by atoms with Crippen LogP contribution in [0.1, 0.15) is 43.8 Å². The molecule has 1 N–H and O–H groups in total. The largest absolute Gasteiger partial charge is 0.412 e. The molecular weight excluding hydrogens is 364 g/mol. The Labute approximate surface area is 150 Å². The molecule has 0 unspecified atom stereocenters. The van der Waals surface area contributed by atoms with Crippen LogP contribution in [0.4, 0.5) is 0 Å². The molecule has 1 saturated heterocycles. The second kappa shape index (κ2) is 7.22. The first-order valence-corrected chi connectivity index (χ1v) is 10.5. The van der Waals surface area contributed by atoms with Crippen molar-refractivity contribution in [2.45, 2.75) is 43.4 Å². The minimum atomic E-state index is -3.57. The van der Waals surface area contributed by atoms with E-state index < -0.39 is 10.0 Å². The molecular formula is C15H20N4O4S2. The lowest BCUT2D eigenvalue weighted by atomic mass is 10.1. The average molecular weight is 384 g/mol. The van der Waals surface area contributed by atoms with Gasteiger partial charge in [0.05, 0.1) is 5.56 Å². The number of hydrogen-bond acceptors (Lipinski definition) is 7. The van der Waals surface area contributed by atoms with Crippen molar-refractivity contribution in [3.8, 4) is 11.5 Å². The van der Waals surface area contributed by atoms with Gasteiger partial charge >= 0.3 is 11.8 Å². The number of aromatic nitrogens is 2. The van der Waals surface area contributed by atoms with Crippen molar-refractivity contribution in [1.29, 1.82) is 0 Å². The number of sulfonamides is 1. The zero-order valence-electron chi connectivity index (χ0n) is 14.1. The Morgan fingerprint density at radius 2 is 2.00 bits per heavy atom. The van der Waals surface area contributed by atoms with Gasteiger partial charge in [-0.05, 0) is 39.2 Å². The van der Waals surface area contributed by atoms with Crippen molar-refractivity contribution >= 4 is 27.3 Å². The lowest BCUT2D eigenvalue weighted by Gasteiger charge is -2.24. The normalized spacial score (nSPS) is 15.7. The molecule has 0 aliphatic carbocycles. The van der Waals surface area contributed by atoms with E-state index in [1.165, 1.54) is 6.07 Å². The van der Waals surface area contributed by atoms with Crippen LogP contribution in [0.25, 0.3) is 11.5 Å². The van der Waals surface area contributed by atoms with Crippen LogP contribution in [0.3, 0.4) is 0 Å². The van der Waals surface area contributed by atoms with Gasteiger partial charge < -0.3 is 9.32 Å². The summed E-state index contributed by atoms with van der Waals surface area (Å²) >= 11 is 1.07. The highest BCUT2D eigenvalue weighted by Crippen LogP contribution is 2.28. The first-order valence-electron chi connectivity index (χ1n) is 8.11. The Morgan fingerprint density at radius 3 is 2.68 bits per heavy atom. The van der Waals surface area contributed by atoms with Gasteiger partial charge in [0, 0.05) is 24.5 Å². The van der Waals surface area contributed by atoms with Gasteiger partial charge in [-0.1, -0.05) is 0 Å². The summed E-state index contributed by atoms with van der Waals surface area (Å²) in [4.78, 5) is 14.1. The van der Waals surface area contributed by atoms with Crippen molar-refractivity contribution in [1.82, 2.24) is 19.8 Å². The Morgan fingerprint density at radius 1 is 1.28 bits per heavy atom. The molecule has 2 aromatic heterocycles. The van der Waals surface area contributed by atoms with E-state index in [0.717, 1.165) is 30.6 Å². The second-order valence-corrected chi connectivity index (χ2v) is 9.05. The van der Waals surface area contributed by atoms with Gasteiger partial charge in [-0.15, -0.1) is 21.5 Å². The van der Waals surface area contributed by atoms with Crippen LogP contribution in [-0.4, -0.2) is 48.6 Å². The Balaban J connectivity index is 1.78. The van der Waals surface area contributed by atoms with Crippen molar-refractivity contribution < 1.29 is 17.6 Å². The molecule has 3 rings (SSSR count). The van der Waals surface area contributed by atoms with E-state index in [4.69, 9.17) is 4.42 Å². The predicted molar refractivity (Wildman–Crippen MR) is 92.8 cm³/mol. The molecule has 0 bridgehead atoms. The molecule has 8 nitrogen and oxygen atoms in total. The number of carbonyl (C=O) groups is 1.